The highest BCUT2D eigenvalue weighted by Crippen LogP contribution is 2.18. The average Bonchev–Trinajstić information content (AvgIpc) is 2.40. The normalized spacial score (nSPS) is 10.2. The Balaban J connectivity index is 0.00000200. The fourth-order valence-electron chi connectivity index (χ4n) is 1.67. The summed E-state index contributed by atoms with van der Waals surface area (Å²) in [5.74, 6) is 1.41. The molecule has 1 aromatic heterocycles. The van der Waals surface area contributed by atoms with Gasteiger partial charge in [-0.1, -0.05) is 26.0 Å². The van der Waals surface area contributed by atoms with E-state index in [1.807, 2.05) is 18.2 Å². The maximum Gasteiger partial charge on any atom is 0.321 e. The summed E-state index contributed by atoms with van der Waals surface area (Å²) < 4.78 is 5.60. The lowest BCUT2D eigenvalue weighted by atomic mass is 10.2. The van der Waals surface area contributed by atoms with Gasteiger partial charge in [0, 0.05) is 18.9 Å². The van der Waals surface area contributed by atoms with Gasteiger partial charge in [0.15, 0.2) is 0 Å². The highest BCUT2D eigenvalue weighted by molar-refractivity contribution is 5.85. The van der Waals surface area contributed by atoms with Crippen LogP contribution in [0.1, 0.15) is 19.4 Å². The Bertz CT molecular complexity index is 505. The lowest BCUT2D eigenvalue weighted by molar-refractivity contribution is 0.441. The van der Waals surface area contributed by atoms with E-state index < -0.39 is 0 Å². The largest absolute Gasteiger partial charge is 0.424 e. The zero-order valence-corrected chi connectivity index (χ0v) is 12.6. The molecule has 0 amide bonds. The van der Waals surface area contributed by atoms with Crippen LogP contribution in [0.4, 0.5) is 0 Å². The SMILES string of the molecule is CC(C)CNCc1cccc(Oc2ncccn2)c1.Cl. The summed E-state index contributed by atoms with van der Waals surface area (Å²) in [6.07, 6.45) is 3.33. The van der Waals surface area contributed by atoms with Gasteiger partial charge in [-0.2, -0.15) is 0 Å². The first-order valence-corrected chi connectivity index (χ1v) is 6.48. The summed E-state index contributed by atoms with van der Waals surface area (Å²) in [4.78, 5) is 8.08. The van der Waals surface area contributed by atoms with Crippen molar-refractivity contribution >= 4 is 12.4 Å². The van der Waals surface area contributed by atoms with Crippen molar-refractivity contribution in [3.63, 3.8) is 0 Å². The van der Waals surface area contributed by atoms with Crippen molar-refractivity contribution in [1.29, 1.82) is 0 Å². The molecule has 5 heteroatoms. The predicted octanol–water partition coefficient (Wildman–Crippen LogP) is 3.44. The van der Waals surface area contributed by atoms with Gasteiger partial charge in [0.2, 0.25) is 0 Å². The number of hydrogen-bond donors (Lipinski definition) is 1. The van der Waals surface area contributed by atoms with E-state index in [4.69, 9.17) is 4.74 Å². The molecule has 0 saturated carbocycles. The van der Waals surface area contributed by atoms with Crippen molar-refractivity contribution in [3.05, 3.63) is 48.3 Å². The van der Waals surface area contributed by atoms with Crippen molar-refractivity contribution in [2.45, 2.75) is 20.4 Å². The molecule has 20 heavy (non-hydrogen) atoms. The van der Waals surface area contributed by atoms with Crippen molar-refractivity contribution < 1.29 is 4.74 Å². The molecule has 1 aromatic carbocycles. The number of nitrogens with zero attached hydrogens (tertiary/aromatic N) is 2. The van der Waals surface area contributed by atoms with Crippen LogP contribution in [-0.4, -0.2) is 16.5 Å². The Morgan fingerprint density at radius 1 is 1.15 bits per heavy atom. The van der Waals surface area contributed by atoms with Gasteiger partial charge in [0.1, 0.15) is 5.75 Å². The smallest absolute Gasteiger partial charge is 0.321 e. The van der Waals surface area contributed by atoms with Gasteiger partial charge in [-0.05, 0) is 36.2 Å². The lowest BCUT2D eigenvalue weighted by Gasteiger charge is -2.09. The second-order valence-corrected chi connectivity index (χ2v) is 4.81. The third kappa shape index (κ3) is 5.55. The number of ether oxygens (including phenoxy) is 1. The van der Waals surface area contributed by atoms with E-state index in [0.717, 1.165) is 18.8 Å². The third-order valence-corrected chi connectivity index (χ3v) is 2.53. The summed E-state index contributed by atoms with van der Waals surface area (Å²) in [6.45, 7) is 6.23. The van der Waals surface area contributed by atoms with Crippen molar-refractivity contribution in [1.82, 2.24) is 15.3 Å². The van der Waals surface area contributed by atoms with E-state index in [1.54, 1.807) is 18.5 Å². The molecule has 0 aliphatic heterocycles. The number of rotatable bonds is 6. The second-order valence-electron chi connectivity index (χ2n) is 4.81. The Morgan fingerprint density at radius 3 is 2.60 bits per heavy atom. The van der Waals surface area contributed by atoms with Gasteiger partial charge in [0.05, 0.1) is 0 Å². The number of halogens is 1. The summed E-state index contributed by atoms with van der Waals surface area (Å²) in [6, 6.07) is 10.1. The number of nitrogens with one attached hydrogen (secondary N) is 1. The van der Waals surface area contributed by atoms with Gasteiger partial charge in [-0.3, -0.25) is 0 Å². The quantitative estimate of drug-likeness (QED) is 0.886. The van der Waals surface area contributed by atoms with Crippen LogP contribution in [0.25, 0.3) is 0 Å². The zero-order chi connectivity index (χ0) is 13.5. The summed E-state index contributed by atoms with van der Waals surface area (Å²) in [5, 5.41) is 3.41. The molecule has 0 aliphatic rings. The zero-order valence-electron chi connectivity index (χ0n) is 11.7. The van der Waals surface area contributed by atoms with Gasteiger partial charge in [-0.15, -0.1) is 12.4 Å². The standard InChI is InChI=1S/C15H19N3O.ClH/c1-12(2)10-16-11-13-5-3-6-14(9-13)19-15-17-7-4-8-18-15;/h3-9,12,16H,10-11H2,1-2H3;1H. The molecular weight excluding hydrogens is 274 g/mol. The topological polar surface area (TPSA) is 47.0 Å². The summed E-state index contributed by atoms with van der Waals surface area (Å²) in [5.41, 5.74) is 1.19. The first-order valence-electron chi connectivity index (χ1n) is 6.48. The minimum atomic E-state index is 0. The molecule has 0 saturated heterocycles. The monoisotopic (exact) mass is 293 g/mol. The maximum atomic E-state index is 5.60. The molecule has 2 aromatic rings. The van der Waals surface area contributed by atoms with Crippen molar-refractivity contribution in [3.8, 4) is 11.8 Å². The molecule has 0 bridgehead atoms. The number of benzene rings is 1. The Morgan fingerprint density at radius 2 is 1.90 bits per heavy atom. The van der Waals surface area contributed by atoms with Crippen LogP contribution in [-0.2, 0) is 6.54 Å². The Kier molecular flexibility index (Phi) is 6.98. The molecule has 0 fully saturated rings. The fourth-order valence-corrected chi connectivity index (χ4v) is 1.67. The summed E-state index contributed by atoms with van der Waals surface area (Å²) in [7, 11) is 0. The van der Waals surface area contributed by atoms with Crippen molar-refractivity contribution in [2.75, 3.05) is 6.54 Å². The maximum absolute atomic E-state index is 5.60. The van der Waals surface area contributed by atoms with Gasteiger partial charge < -0.3 is 10.1 Å². The summed E-state index contributed by atoms with van der Waals surface area (Å²) >= 11 is 0. The Hall–Kier alpha value is -1.65. The van der Waals surface area contributed by atoms with Gasteiger partial charge in [0.25, 0.3) is 0 Å². The molecule has 0 radical (unpaired) electrons. The highest BCUT2D eigenvalue weighted by Gasteiger charge is 2.01. The van der Waals surface area contributed by atoms with Crippen LogP contribution in [0.15, 0.2) is 42.7 Å². The minimum absolute atomic E-state index is 0. The number of aromatic nitrogens is 2. The van der Waals surface area contributed by atoms with Crippen LogP contribution < -0.4 is 10.1 Å². The van der Waals surface area contributed by atoms with Crippen LogP contribution in [0.5, 0.6) is 11.8 Å². The lowest BCUT2D eigenvalue weighted by Crippen LogP contribution is -2.18. The molecule has 1 N–H and O–H groups in total. The molecule has 108 valence electrons. The van der Waals surface area contributed by atoms with Crippen LogP contribution in [0.2, 0.25) is 0 Å². The molecule has 0 atom stereocenters. The molecular formula is C15H20ClN3O. The molecule has 0 unspecified atom stereocenters. The molecule has 0 aliphatic carbocycles. The molecule has 0 spiro atoms. The molecule has 2 rings (SSSR count). The van der Waals surface area contributed by atoms with E-state index in [1.165, 1.54) is 5.56 Å². The van der Waals surface area contributed by atoms with E-state index in [2.05, 4.69) is 35.2 Å². The third-order valence-electron chi connectivity index (χ3n) is 2.53. The molecule has 1 heterocycles. The predicted molar refractivity (Wildman–Crippen MR) is 82.3 cm³/mol. The fraction of sp³-hybridized carbons (Fsp3) is 0.333. The number of hydrogen-bond acceptors (Lipinski definition) is 4. The van der Waals surface area contributed by atoms with Gasteiger partial charge in [-0.25, -0.2) is 9.97 Å². The van der Waals surface area contributed by atoms with E-state index in [9.17, 15) is 0 Å². The van der Waals surface area contributed by atoms with Crippen LogP contribution >= 0.6 is 12.4 Å². The van der Waals surface area contributed by atoms with E-state index in [-0.39, 0.29) is 12.4 Å². The highest BCUT2D eigenvalue weighted by atomic mass is 35.5. The van der Waals surface area contributed by atoms with E-state index >= 15 is 0 Å². The second kappa shape index (κ2) is 8.51. The van der Waals surface area contributed by atoms with Crippen LogP contribution in [0, 0.1) is 5.92 Å². The van der Waals surface area contributed by atoms with Crippen LogP contribution in [0.3, 0.4) is 0 Å². The van der Waals surface area contributed by atoms with Gasteiger partial charge >= 0.3 is 6.01 Å². The molecule has 4 nitrogen and oxygen atoms in total. The minimum Gasteiger partial charge on any atom is -0.424 e. The first-order chi connectivity index (χ1) is 9.24. The van der Waals surface area contributed by atoms with E-state index in [0.29, 0.717) is 11.9 Å². The first kappa shape index (κ1) is 16.4. The average molecular weight is 294 g/mol. The Labute approximate surface area is 126 Å². The van der Waals surface area contributed by atoms with Crippen molar-refractivity contribution in [2.24, 2.45) is 5.92 Å².